The SMILES string of the molecule is C/C(=C\c1cc(C(=O)c2cc(C)c(C)[nH]2)[nH]c1C)OCc1ccccc1. The number of carbonyl (C=O) groups is 1. The molecule has 0 aliphatic rings. The third-order valence-corrected chi connectivity index (χ3v) is 4.49. The fourth-order valence-corrected chi connectivity index (χ4v) is 2.81. The smallest absolute Gasteiger partial charge is 0.225 e. The van der Waals surface area contributed by atoms with Gasteiger partial charge in [0.2, 0.25) is 5.78 Å². The van der Waals surface area contributed by atoms with Crippen LogP contribution in [0.5, 0.6) is 0 Å². The average molecular weight is 348 g/mol. The minimum Gasteiger partial charge on any atom is -0.494 e. The fraction of sp³-hybridized carbons (Fsp3) is 0.227. The Kier molecular flexibility index (Phi) is 5.12. The topological polar surface area (TPSA) is 57.9 Å². The van der Waals surface area contributed by atoms with Gasteiger partial charge in [0.15, 0.2) is 0 Å². The van der Waals surface area contributed by atoms with E-state index in [-0.39, 0.29) is 5.78 Å². The first-order valence-corrected chi connectivity index (χ1v) is 8.69. The lowest BCUT2D eigenvalue weighted by Gasteiger charge is -2.06. The van der Waals surface area contributed by atoms with Gasteiger partial charge in [-0.2, -0.15) is 0 Å². The van der Waals surface area contributed by atoms with Gasteiger partial charge in [-0.3, -0.25) is 4.79 Å². The van der Waals surface area contributed by atoms with Crippen LogP contribution in [0.25, 0.3) is 6.08 Å². The van der Waals surface area contributed by atoms with E-state index >= 15 is 0 Å². The Labute approximate surface area is 153 Å². The highest BCUT2D eigenvalue weighted by Gasteiger charge is 2.15. The Morgan fingerprint density at radius 2 is 1.65 bits per heavy atom. The Morgan fingerprint density at radius 1 is 1.00 bits per heavy atom. The Bertz CT molecular complexity index is 926. The number of rotatable bonds is 6. The van der Waals surface area contributed by atoms with Crippen LogP contribution in [0.15, 0.2) is 48.2 Å². The molecule has 2 aromatic heterocycles. The largest absolute Gasteiger partial charge is 0.494 e. The number of aromatic amines is 2. The molecule has 2 heterocycles. The van der Waals surface area contributed by atoms with Crippen LogP contribution in [0.3, 0.4) is 0 Å². The number of benzene rings is 1. The van der Waals surface area contributed by atoms with E-state index in [0.717, 1.165) is 33.8 Å². The molecule has 26 heavy (non-hydrogen) atoms. The third kappa shape index (κ3) is 3.97. The molecule has 0 atom stereocenters. The Morgan fingerprint density at radius 3 is 2.31 bits per heavy atom. The molecular weight excluding hydrogens is 324 g/mol. The molecule has 0 bridgehead atoms. The molecule has 134 valence electrons. The van der Waals surface area contributed by atoms with Crippen LogP contribution in [0.4, 0.5) is 0 Å². The first kappa shape index (κ1) is 17.8. The van der Waals surface area contributed by atoms with Gasteiger partial charge in [0, 0.05) is 11.4 Å². The highest BCUT2D eigenvalue weighted by Crippen LogP contribution is 2.19. The van der Waals surface area contributed by atoms with Gasteiger partial charge in [-0.15, -0.1) is 0 Å². The summed E-state index contributed by atoms with van der Waals surface area (Å²) in [6.07, 6.45) is 1.96. The third-order valence-electron chi connectivity index (χ3n) is 4.49. The number of nitrogens with one attached hydrogen (secondary N) is 2. The minimum absolute atomic E-state index is 0.0354. The van der Waals surface area contributed by atoms with E-state index in [1.165, 1.54) is 0 Å². The summed E-state index contributed by atoms with van der Waals surface area (Å²) in [6.45, 7) is 8.37. The average Bonchev–Trinajstić information content (AvgIpc) is 3.16. The molecule has 3 aromatic rings. The second kappa shape index (κ2) is 7.48. The van der Waals surface area contributed by atoms with Crippen molar-refractivity contribution in [1.82, 2.24) is 9.97 Å². The zero-order valence-electron chi connectivity index (χ0n) is 15.6. The zero-order valence-corrected chi connectivity index (χ0v) is 15.6. The predicted molar refractivity (Wildman–Crippen MR) is 104 cm³/mol. The second-order valence-corrected chi connectivity index (χ2v) is 6.61. The van der Waals surface area contributed by atoms with Crippen molar-refractivity contribution < 1.29 is 9.53 Å². The highest BCUT2D eigenvalue weighted by atomic mass is 16.5. The molecular formula is C22H24N2O2. The van der Waals surface area contributed by atoms with Crippen LogP contribution in [0.1, 0.15) is 51.2 Å². The molecule has 4 nitrogen and oxygen atoms in total. The van der Waals surface area contributed by atoms with E-state index in [2.05, 4.69) is 9.97 Å². The first-order chi connectivity index (χ1) is 12.4. The lowest BCUT2D eigenvalue weighted by Crippen LogP contribution is -2.02. The highest BCUT2D eigenvalue weighted by molar-refractivity contribution is 6.07. The lowest BCUT2D eigenvalue weighted by molar-refractivity contribution is 0.103. The summed E-state index contributed by atoms with van der Waals surface area (Å²) in [5.74, 6) is 0.772. The maximum atomic E-state index is 12.7. The van der Waals surface area contributed by atoms with Crippen molar-refractivity contribution in [2.75, 3.05) is 0 Å². The number of H-pyrrole nitrogens is 2. The quantitative estimate of drug-likeness (QED) is 0.482. The predicted octanol–water partition coefficient (Wildman–Crippen LogP) is 5.08. The number of ether oxygens (including phenoxy) is 1. The van der Waals surface area contributed by atoms with Gasteiger partial charge in [-0.1, -0.05) is 30.3 Å². The zero-order chi connectivity index (χ0) is 18.7. The summed E-state index contributed by atoms with van der Waals surface area (Å²) < 4.78 is 5.82. The van der Waals surface area contributed by atoms with Crippen molar-refractivity contribution in [3.63, 3.8) is 0 Å². The van der Waals surface area contributed by atoms with Gasteiger partial charge in [0.25, 0.3) is 0 Å². The first-order valence-electron chi connectivity index (χ1n) is 8.69. The summed E-state index contributed by atoms with van der Waals surface area (Å²) in [5, 5.41) is 0. The normalized spacial score (nSPS) is 11.6. The molecule has 0 spiro atoms. The molecule has 0 amide bonds. The van der Waals surface area contributed by atoms with Crippen molar-refractivity contribution in [2.24, 2.45) is 0 Å². The Hall–Kier alpha value is -3.01. The molecule has 1 aromatic carbocycles. The van der Waals surface area contributed by atoms with Crippen molar-refractivity contribution in [2.45, 2.75) is 34.3 Å². The fourth-order valence-electron chi connectivity index (χ4n) is 2.81. The molecule has 0 aliphatic carbocycles. The van der Waals surface area contributed by atoms with Gasteiger partial charge in [-0.05, 0) is 62.6 Å². The van der Waals surface area contributed by atoms with Crippen LogP contribution in [-0.4, -0.2) is 15.8 Å². The maximum Gasteiger partial charge on any atom is 0.225 e. The van der Waals surface area contributed by atoms with Gasteiger partial charge in [0.05, 0.1) is 17.1 Å². The lowest BCUT2D eigenvalue weighted by atomic mass is 10.1. The van der Waals surface area contributed by atoms with Crippen LogP contribution >= 0.6 is 0 Å². The van der Waals surface area contributed by atoms with Gasteiger partial charge in [-0.25, -0.2) is 0 Å². The molecule has 2 N–H and O–H groups in total. The number of ketones is 1. The van der Waals surface area contributed by atoms with Gasteiger partial charge < -0.3 is 14.7 Å². The summed E-state index contributed by atoms with van der Waals surface area (Å²) in [4.78, 5) is 19.0. The second-order valence-electron chi connectivity index (χ2n) is 6.61. The molecule has 0 saturated carbocycles. The molecule has 0 aliphatic heterocycles. The number of allylic oxidation sites excluding steroid dienone is 1. The summed E-state index contributed by atoms with van der Waals surface area (Å²) >= 11 is 0. The number of hydrogen-bond acceptors (Lipinski definition) is 2. The van der Waals surface area contributed by atoms with E-state index in [0.29, 0.717) is 18.0 Å². The number of aromatic nitrogens is 2. The van der Waals surface area contributed by atoms with E-state index in [1.54, 1.807) is 0 Å². The monoisotopic (exact) mass is 348 g/mol. The Balaban J connectivity index is 1.74. The van der Waals surface area contributed by atoms with Crippen molar-refractivity contribution in [3.8, 4) is 0 Å². The standard InChI is InChI=1S/C22H24N2O2/c1-14-10-20(23-16(14)3)22(25)21-12-19(17(4)24-21)11-15(2)26-13-18-8-6-5-7-9-18/h5-12,23-24H,13H2,1-4H3/b15-11+. The van der Waals surface area contributed by atoms with Crippen LogP contribution < -0.4 is 0 Å². The number of hydrogen-bond donors (Lipinski definition) is 2. The van der Waals surface area contributed by atoms with Crippen LogP contribution in [0, 0.1) is 20.8 Å². The van der Waals surface area contributed by atoms with E-state index < -0.39 is 0 Å². The van der Waals surface area contributed by atoms with Crippen molar-refractivity contribution in [1.29, 1.82) is 0 Å². The molecule has 3 rings (SSSR count). The summed E-state index contributed by atoms with van der Waals surface area (Å²) in [7, 11) is 0. The number of aryl methyl sites for hydroxylation is 3. The van der Waals surface area contributed by atoms with Crippen LogP contribution in [0.2, 0.25) is 0 Å². The molecule has 0 unspecified atom stereocenters. The molecule has 4 heteroatoms. The van der Waals surface area contributed by atoms with Crippen LogP contribution in [-0.2, 0) is 11.3 Å². The van der Waals surface area contributed by atoms with E-state index in [4.69, 9.17) is 4.74 Å². The van der Waals surface area contributed by atoms with Crippen molar-refractivity contribution in [3.05, 3.63) is 87.7 Å². The molecule has 0 saturated heterocycles. The van der Waals surface area contributed by atoms with Gasteiger partial charge >= 0.3 is 0 Å². The minimum atomic E-state index is -0.0354. The van der Waals surface area contributed by atoms with Crippen molar-refractivity contribution >= 4 is 11.9 Å². The van der Waals surface area contributed by atoms with E-state index in [9.17, 15) is 4.79 Å². The van der Waals surface area contributed by atoms with E-state index in [1.807, 2.05) is 76.2 Å². The summed E-state index contributed by atoms with van der Waals surface area (Å²) in [6, 6.07) is 13.8. The molecule has 0 fully saturated rings. The summed E-state index contributed by atoms with van der Waals surface area (Å²) in [5.41, 5.74) is 6.30. The maximum absolute atomic E-state index is 12.7. The number of carbonyl (C=O) groups excluding carboxylic acids is 1. The molecule has 0 radical (unpaired) electrons. The van der Waals surface area contributed by atoms with Gasteiger partial charge in [0.1, 0.15) is 6.61 Å².